The highest BCUT2D eigenvalue weighted by Crippen LogP contribution is 2.26. The van der Waals surface area contributed by atoms with Gasteiger partial charge in [0.1, 0.15) is 0 Å². The molecule has 0 spiro atoms. The first kappa shape index (κ1) is 15.3. The molecule has 0 unspecified atom stereocenters. The number of H-pyrrole nitrogens is 1. The van der Waals surface area contributed by atoms with E-state index in [1.807, 2.05) is 42.5 Å². The molecule has 2 aromatic carbocycles. The van der Waals surface area contributed by atoms with Gasteiger partial charge in [-0.15, -0.1) is 0 Å². The molecule has 1 aromatic heterocycles. The number of amides is 1. The van der Waals surface area contributed by atoms with Crippen LogP contribution in [0.15, 0.2) is 53.5 Å². The first-order valence-electron chi connectivity index (χ1n) is 6.91. The molecule has 1 amide bonds. The molecule has 0 aliphatic heterocycles. The van der Waals surface area contributed by atoms with Crippen molar-refractivity contribution in [2.75, 3.05) is 7.05 Å². The third-order valence-electron chi connectivity index (χ3n) is 3.39. The second kappa shape index (κ2) is 6.26. The molecule has 23 heavy (non-hydrogen) atoms. The maximum atomic E-state index is 11.2. The number of rotatable bonds is 3. The molecule has 3 rings (SSSR count). The molecule has 0 bridgehead atoms. The van der Waals surface area contributed by atoms with Gasteiger partial charge in [-0.25, -0.2) is 4.79 Å². The van der Waals surface area contributed by atoms with Crippen molar-refractivity contribution in [3.05, 3.63) is 64.6 Å². The van der Waals surface area contributed by atoms with Gasteiger partial charge in [-0.05, 0) is 41.0 Å². The normalized spacial score (nSPS) is 10.5. The van der Waals surface area contributed by atoms with Gasteiger partial charge >= 0.3 is 12.1 Å². The average Bonchev–Trinajstić information content (AvgIpc) is 2.96. The molecule has 116 valence electrons. The summed E-state index contributed by atoms with van der Waals surface area (Å²) in [5, 5.41) is 2.37. The number of nitrogens with one attached hydrogen (secondary N) is 2. The van der Waals surface area contributed by atoms with Crippen molar-refractivity contribution in [1.82, 2.24) is 15.3 Å². The zero-order valence-corrected chi connectivity index (χ0v) is 14.0. The first-order valence-corrected chi connectivity index (χ1v) is 7.70. The van der Waals surface area contributed by atoms with Crippen LogP contribution in [0.4, 0.5) is 4.79 Å². The lowest BCUT2D eigenvalue weighted by Gasteiger charge is -2.06. The number of hydrogen-bond acceptors (Lipinski definition) is 3. The van der Waals surface area contributed by atoms with Crippen molar-refractivity contribution < 1.29 is 9.53 Å². The van der Waals surface area contributed by atoms with E-state index in [1.165, 1.54) is 7.05 Å². The lowest BCUT2D eigenvalue weighted by molar-refractivity contribution is 0.199. The summed E-state index contributed by atoms with van der Waals surface area (Å²) in [7, 11) is 1.49. The van der Waals surface area contributed by atoms with E-state index in [0.717, 1.165) is 32.2 Å². The highest BCUT2D eigenvalue weighted by molar-refractivity contribution is 9.10. The number of halogens is 1. The summed E-state index contributed by atoms with van der Waals surface area (Å²) < 4.78 is 6.02. The SMILES string of the molecule is C=C(c1ccc(Br)cc1)c1ccc2nc(OC(=O)NC)[nH]c2c1. The van der Waals surface area contributed by atoms with Gasteiger partial charge in [0.05, 0.1) is 11.0 Å². The molecular formula is C17H14BrN3O2. The first-order chi connectivity index (χ1) is 11.1. The van der Waals surface area contributed by atoms with Crippen molar-refractivity contribution >= 4 is 38.6 Å². The Hall–Kier alpha value is -2.60. The quantitative estimate of drug-likeness (QED) is 0.727. The lowest BCUT2D eigenvalue weighted by atomic mass is 9.99. The number of benzene rings is 2. The minimum absolute atomic E-state index is 0.158. The fourth-order valence-corrected chi connectivity index (χ4v) is 2.44. The number of imidazole rings is 1. The van der Waals surface area contributed by atoms with Crippen molar-refractivity contribution in [2.24, 2.45) is 0 Å². The van der Waals surface area contributed by atoms with Gasteiger partial charge in [0.2, 0.25) is 0 Å². The van der Waals surface area contributed by atoms with Gasteiger partial charge in [-0.2, -0.15) is 4.98 Å². The Kier molecular flexibility index (Phi) is 4.16. The molecule has 0 radical (unpaired) electrons. The summed E-state index contributed by atoms with van der Waals surface area (Å²) in [6, 6.07) is 13.9. The summed E-state index contributed by atoms with van der Waals surface area (Å²) in [6.45, 7) is 4.16. The molecule has 0 saturated heterocycles. The van der Waals surface area contributed by atoms with Crippen LogP contribution in [0.1, 0.15) is 11.1 Å². The summed E-state index contributed by atoms with van der Waals surface area (Å²) in [6.07, 6.45) is -0.566. The van der Waals surface area contributed by atoms with E-state index in [2.05, 4.69) is 37.8 Å². The number of nitrogens with zero attached hydrogens (tertiary/aromatic N) is 1. The maximum Gasteiger partial charge on any atom is 0.414 e. The highest BCUT2D eigenvalue weighted by atomic mass is 79.9. The Labute approximate surface area is 141 Å². The summed E-state index contributed by atoms with van der Waals surface area (Å²) in [4.78, 5) is 18.4. The third kappa shape index (κ3) is 3.27. The van der Waals surface area contributed by atoms with E-state index in [1.54, 1.807) is 0 Å². The second-order valence-corrected chi connectivity index (χ2v) is 5.81. The van der Waals surface area contributed by atoms with Crippen LogP contribution in [-0.4, -0.2) is 23.1 Å². The molecular weight excluding hydrogens is 358 g/mol. The number of ether oxygens (including phenoxy) is 1. The highest BCUT2D eigenvalue weighted by Gasteiger charge is 2.10. The van der Waals surface area contributed by atoms with E-state index in [4.69, 9.17) is 4.74 Å². The van der Waals surface area contributed by atoms with Crippen molar-refractivity contribution in [1.29, 1.82) is 0 Å². The maximum absolute atomic E-state index is 11.2. The number of carbonyl (C=O) groups excluding carboxylic acids is 1. The van der Waals surface area contributed by atoms with Crippen molar-refractivity contribution in [3.63, 3.8) is 0 Å². The van der Waals surface area contributed by atoms with Crippen molar-refractivity contribution in [2.45, 2.75) is 0 Å². The number of hydrogen-bond donors (Lipinski definition) is 2. The van der Waals surface area contributed by atoms with Gasteiger partial charge in [0.25, 0.3) is 0 Å². The molecule has 6 heteroatoms. The molecule has 0 aliphatic rings. The Morgan fingerprint density at radius 2 is 1.91 bits per heavy atom. The predicted octanol–water partition coefficient (Wildman–Crippen LogP) is 4.11. The molecule has 3 aromatic rings. The minimum Gasteiger partial charge on any atom is -0.375 e. The summed E-state index contributed by atoms with van der Waals surface area (Å²) >= 11 is 3.42. The third-order valence-corrected chi connectivity index (χ3v) is 3.92. The largest absolute Gasteiger partial charge is 0.414 e. The topological polar surface area (TPSA) is 67.0 Å². The molecule has 1 heterocycles. The fraction of sp³-hybridized carbons (Fsp3) is 0.0588. The predicted molar refractivity (Wildman–Crippen MR) is 93.5 cm³/mol. The lowest BCUT2D eigenvalue weighted by Crippen LogP contribution is -2.22. The van der Waals surface area contributed by atoms with E-state index >= 15 is 0 Å². The molecule has 2 N–H and O–H groups in total. The Morgan fingerprint density at radius 1 is 1.22 bits per heavy atom. The van der Waals surface area contributed by atoms with E-state index in [0.29, 0.717) is 0 Å². The van der Waals surface area contributed by atoms with E-state index in [9.17, 15) is 4.79 Å². The van der Waals surface area contributed by atoms with Crippen LogP contribution in [0.3, 0.4) is 0 Å². The van der Waals surface area contributed by atoms with E-state index in [-0.39, 0.29) is 6.01 Å². The van der Waals surface area contributed by atoms with Crippen LogP contribution >= 0.6 is 15.9 Å². The number of fused-ring (bicyclic) bond motifs is 1. The zero-order chi connectivity index (χ0) is 16.4. The molecule has 0 atom stereocenters. The second-order valence-electron chi connectivity index (χ2n) is 4.90. The Bertz CT molecular complexity index is 884. The summed E-state index contributed by atoms with van der Waals surface area (Å²) in [5.41, 5.74) is 4.41. The number of carbonyl (C=O) groups is 1. The van der Waals surface area contributed by atoms with Crippen LogP contribution in [0.2, 0.25) is 0 Å². The Balaban J connectivity index is 1.91. The fourth-order valence-electron chi connectivity index (χ4n) is 2.18. The molecule has 0 aliphatic carbocycles. The van der Waals surface area contributed by atoms with Crippen LogP contribution in [0, 0.1) is 0 Å². The monoisotopic (exact) mass is 371 g/mol. The molecule has 5 nitrogen and oxygen atoms in total. The van der Waals surface area contributed by atoms with Crippen LogP contribution in [0.5, 0.6) is 6.01 Å². The smallest absolute Gasteiger partial charge is 0.375 e. The minimum atomic E-state index is -0.566. The van der Waals surface area contributed by atoms with Gasteiger partial charge in [-0.1, -0.05) is 40.7 Å². The molecule has 0 fully saturated rings. The number of aromatic nitrogens is 2. The average molecular weight is 372 g/mol. The van der Waals surface area contributed by atoms with Crippen LogP contribution < -0.4 is 10.1 Å². The standard InChI is InChI=1S/C17H14BrN3O2/c1-10(11-3-6-13(18)7-4-11)12-5-8-14-15(9-12)21-16(20-14)23-17(22)19-2/h3-9H,1H2,2H3,(H,19,22)(H,20,21). The zero-order valence-electron chi connectivity index (χ0n) is 12.4. The van der Waals surface area contributed by atoms with Crippen LogP contribution in [0.25, 0.3) is 16.6 Å². The number of aromatic amines is 1. The van der Waals surface area contributed by atoms with Gasteiger partial charge in [0.15, 0.2) is 0 Å². The summed E-state index contributed by atoms with van der Waals surface area (Å²) in [5.74, 6) is 0. The van der Waals surface area contributed by atoms with Gasteiger partial charge in [-0.3, -0.25) is 0 Å². The molecule has 0 saturated carbocycles. The van der Waals surface area contributed by atoms with E-state index < -0.39 is 6.09 Å². The van der Waals surface area contributed by atoms with Crippen molar-refractivity contribution in [3.8, 4) is 6.01 Å². The Morgan fingerprint density at radius 3 is 2.61 bits per heavy atom. The van der Waals surface area contributed by atoms with Crippen LogP contribution in [-0.2, 0) is 0 Å². The van der Waals surface area contributed by atoms with Gasteiger partial charge in [0, 0.05) is 11.5 Å². The van der Waals surface area contributed by atoms with Gasteiger partial charge < -0.3 is 15.0 Å².